The lowest BCUT2D eigenvalue weighted by Gasteiger charge is -2.33. The first kappa shape index (κ1) is 41.5. The number of nitrogens with one attached hydrogen (secondary N) is 4. The number of halogens is 2. The van der Waals surface area contributed by atoms with Crippen LogP contribution in [0.2, 0.25) is 10.3 Å². The number of guanidine groups is 2. The molecule has 2 aliphatic heterocycles. The van der Waals surface area contributed by atoms with Crippen LogP contribution in [0.1, 0.15) is 72.3 Å². The second-order valence-corrected chi connectivity index (χ2v) is 14.6. The second kappa shape index (κ2) is 18.8. The van der Waals surface area contributed by atoms with Gasteiger partial charge in [0.25, 0.3) is 11.8 Å². The summed E-state index contributed by atoms with van der Waals surface area (Å²) < 4.78 is 0. The average Bonchev–Trinajstić information content (AvgIpc) is 3.16. The van der Waals surface area contributed by atoms with Crippen LogP contribution in [-0.2, 0) is 0 Å². The number of likely N-dealkylation sites (tertiary alicyclic amines) is 2. The summed E-state index contributed by atoms with van der Waals surface area (Å²) in [5.41, 5.74) is 34.0. The molecule has 0 spiro atoms. The van der Waals surface area contributed by atoms with Crippen LogP contribution in [0.15, 0.2) is 9.98 Å². The lowest BCUT2D eigenvalue weighted by Crippen LogP contribution is -2.48. The molecular formula is C32H48Cl2N18O4. The number of anilines is 4. The number of aliphatic imine (C=N–C) groups is 2. The van der Waals surface area contributed by atoms with Crippen molar-refractivity contribution in [3.05, 3.63) is 21.7 Å². The SMILES string of the molecule is NC(=NC1CCN(C(=O)NCC2CCC(CNC(=O)N3CCC(N=C(N)NC(=O)c4nc(Cl)c(N)nc4N)CC3)CC2)CC1)NC(=O)c1nc(Cl)c(N)nc1N. The number of aromatic nitrogens is 4. The molecule has 304 valence electrons. The third-order valence-corrected chi connectivity index (χ3v) is 10.5. The number of carbonyl (C=O) groups is 4. The Kier molecular flexibility index (Phi) is 13.9. The van der Waals surface area contributed by atoms with Gasteiger partial charge in [0.05, 0.1) is 12.1 Å². The summed E-state index contributed by atoms with van der Waals surface area (Å²) in [5.74, 6) is -1.48. The fourth-order valence-corrected chi connectivity index (χ4v) is 7.00. The van der Waals surface area contributed by atoms with Crippen molar-refractivity contribution in [2.75, 3.05) is 62.2 Å². The number of nitrogens with two attached hydrogens (primary N) is 6. The maximum Gasteiger partial charge on any atom is 0.317 e. The molecular weight excluding hydrogens is 771 g/mol. The van der Waals surface area contributed by atoms with Gasteiger partial charge in [-0.25, -0.2) is 39.5 Å². The van der Waals surface area contributed by atoms with Gasteiger partial charge in [-0.3, -0.25) is 20.2 Å². The van der Waals surface area contributed by atoms with E-state index in [9.17, 15) is 19.2 Å². The molecule has 4 heterocycles. The predicted molar refractivity (Wildman–Crippen MR) is 211 cm³/mol. The highest BCUT2D eigenvalue weighted by molar-refractivity contribution is 6.32. The third-order valence-electron chi connectivity index (χ3n) is 9.92. The van der Waals surface area contributed by atoms with E-state index in [2.05, 4.69) is 51.2 Å². The first-order valence-corrected chi connectivity index (χ1v) is 18.9. The summed E-state index contributed by atoms with van der Waals surface area (Å²) in [5, 5.41) is 10.7. The van der Waals surface area contributed by atoms with E-state index in [4.69, 9.17) is 57.6 Å². The van der Waals surface area contributed by atoms with Gasteiger partial charge in [-0.15, -0.1) is 0 Å². The first-order chi connectivity index (χ1) is 26.7. The average molecular weight is 820 g/mol. The quantitative estimate of drug-likeness (QED) is 0.122. The molecule has 24 heteroatoms. The van der Waals surface area contributed by atoms with Crippen LogP contribution < -0.4 is 55.7 Å². The van der Waals surface area contributed by atoms with Crippen molar-refractivity contribution in [1.29, 1.82) is 0 Å². The third kappa shape index (κ3) is 11.2. The molecule has 0 bridgehead atoms. The van der Waals surface area contributed by atoms with E-state index in [1.165, 1.54) is 0 Å². The molecule has 1 aliphatic carbocycles. The highest BCUT2D eigenvalue weighted by Crippen LogP contribution is 2.28. The summed E-state index contributed by atoms with van der Waals surface area (Å²) in [6, 6.07) is -0.606. The molecule has 5 rings (SSSR count). The minimum absolute atomic E-state index is 0.0930. The van der Waals surface area contributed by atoms with E-state index < -0.39 is 11.8 Å². The van der Waals surface area contributed by atoms with Gasteiger partial charge in [0.1, 0.15) is 0 Å². The minimum atomic E-state index is -0.714. The Morgan fingerprint density at radius 2 is 0.911 bits per heavy atom. The zero-order valence-corrected chi connectivity index (χ0v) is 32.2. The van der Waals surface area contributed by atoms with Crippen LogP contribution in [-0.4, -0.2) is 117 Å². The number of amides is 6. The Morgan fingerprint density at radius 3 is 1.25 bits per heavy atom. The normalized spacial score (nSPS) is 20.0. The summed E-state index contributed by atoms with van der Waals surface area (Å²) in [6.07, 6.45) is 6.11. The fourth-order valence-electron chi connectivity index (χ4n) is 6.75. The van der Waals surface area contributed by atoms with Crippen molar-refractivity contribution in [2.45, 2.75) is 63.5 Å². The molecule has 2 aromatic heterocycles. The highest BCUT2D eigenvalue weighted by atomic mass is 35.5. The first-order valence-electron chi connectivity index (χ1n) is 18.2. The van der Waals surface area contributed by atoms with Crippen molar-refractivity contribution < 1.29 is 19.2 Å². The van der Waals surface area contributed by atoms with Crippen molar-refractivity contribution in [3.63, 3.8) is 0 Å². The summed E-state index contributed by atoms with van der Waals surface area (Å²) in [4.78, 5) is 78.3. The molecule has 6 amide bonds. The van der Waals surface area contributed by atoms with E-state index in [-0.39, 0.29) is 81.0 Å². The monoisotopic (exact) mass is 818 g/mol. The second-order valence-electron chi connectivity index (χ2n) is 13.9. The van der Waals surface area contributed by atoms with Crippen molar-refractivity contribution in [2.24, 2.45) is 33.3 Å². The molecule has 16 N–H and O–H groups in total. The topological polar surface area (TPSA) is 355 Å². The summed E-state index contributed by atoms with van der Waals surface area (Å²) in [6.45, 7) is 3.13. The molecule has 0 unspecified atom stereocenters. The number of carbonyl (C=O) groups excluding carboxylic acids is 4. The van der Waals surface area contributed by atoms with Crippen molar-refractivity contribution in [3.8, 4) is 0 Å². The highest BCUT2D eigenvalue weighted by Gasteiger charge is 2.28. The molecule has 3 fully saturated rings. The van der Waals surface area contributed by atoms with Crippen LogP contribution in [0.3, 0.4) is 0 Å². The van der Waals surface area contributed by atoms with Crippen LogP contribution in [0.4, 0.5) is 32.9 Å². The van der Waals surface area contributed by atoms with Gasteiger partial charge in [-0.2, -0.15) is 0 Å². The number of hydrogen-bond acceptors (Lipinski definition) is 14. The molecule has 0 atom stereocenters. The Labute approximate surface area is 332 Å². The molecule has 2 aromatic rings. The van der Waals surface area contributed by atoms with Crippen molar-refractivity contribution in [1.82, 2.24) is 51.0 Å². The smallest absolute Gasteiger partial charge is 0.317 e. The predicted octanol–water partition coefficient (Wildman–Crippen LogP) is -0.154. The zero-order valence-electron chi connectivity index (χ0n) is 30.6. The van der Waals surface area contributed by atoms with Gasteiger partial charge < -0.3 is 54.8 Å². The van der Waals surface area contributed by atoms with Crippen molar-refractivity contribution >= 4 is 82.3 Å². The van der Waals surface area contributed by atoms with Gasteiger partial charge in [0, 0.05) is 39.3 Å². The van der Waals surface area contributed by atoms with Gasteiger partial charge in [0.15, 0.2) is 56.9 Å². The number of piperidine rings is 2. The van der Waals surface area contributed by atoms with Crippen LogP contribution in [0, 0.1) is 11.8 Å². The van der Waals surface area contributed by atoms with Gasteiger partial charge in [0.2, 0.25) is 0 Å². The Morgan fingerprint density at radius 1 is 0.571 bits per heavy atom. The summed E-state index contributed by atoms with van der Waals surface area (Å²) >= 11 is 11.7. The molecule has 1 saturated carbocycles. The lowest BCUT2D eigenvalue weighted by atomic mass is 9.82. The standard InChI is InChI=1S/C32H48Cl2N18O4/c33-21-25(37)47-23(35)19(45-21)27(53)49-29(39)43-17-5-9-51(10-6-17)31(55)41-13-15-1-2-16(4-3-15)14-42-32(56)52-11-7-18(8-12-52)44-30(40)50-28(54)20-24(36)48-26(38)22(34)46-20/h15-18H,1-14H2,(H,41,55)(H,42,56)(H4,35,37,47)(H4,36,38,48)(H3,39,43,49,53)(H3,40,44,50,54). The molecule has 3 aliphatic rings. The number of urea groups is 2. The molecule has 0 radical (unpaired) electrons. The maximum absolute atomic E-state index is 12.9. The summed E-state index contributed by atoms with van der Waals surface area (Å²) in [7, 11) is 0. The minimum Gasteiger partial charge on any atom is -0.382 e. The van der Waals surface area contributed by atoms with E-state index in [1.54, 1.807) is 9.80 Å². The van der Waals surface area contributed by atoms with E-state index in [0.29, 0.717) is 76.8 Å². The van der Waals surface area contributed by atoms with Gasteiger partial charge >= 0.3 is 12.1 Å². The largest absolute Gasteiger partial charge is 0.382 e. The number of nitrogens with zero attached hydrogens (tertiary/aromatic N) is 8. The number of nitrogen functional groups attached to an aromatic ring is 4. The Hall–Kier alpha value is -5.64. The molecule has 2 saturated heterocycles. The van der Waals surface area contributed by atoms with Crippen LogP contribution >= 0.6 is 23.2 Å². The van der Waals surface area contributed by atoms with E-state index >= 15 is 0 Å². The van der Waals surface area contributed by atoms with Crippen LogP contribution in [0.5, 0.6) is 0 Å². The zero-order chi connectivity index (χ0) is 40.5. The fraction of sp³-hybridized carbons (Fsp3) is 0.562. The van der Waals surface area contributed by atoms with E-state index in [0.717, 1.165) is 25.7 Å². The number of hydrogen-bond donors (Lipinski definition) is 10. The molecule has 0 aromatic carbocycles. The number of rotatable bonds is 8. The maximum atomic E-state index is 12.9. The van der Waals surface area contributed by atoms with Gasteiger partial charge in [-0.05, 0) is 63.2 Å². The lowest BCUT2D eigenvalue weighted by molar-refractivity contribution is 0.0963. The van der Waals surface area contributed by atoms with Gasteiger partial charge in [-0.1, -0.05) is 23.2 Å². The van der Waals surface area contributed by atoms with Crippen LogP contribution in [0.25, 0.3) is 0 Å². The Balaban J connectivity index is 0.934. The molecule has 22 nitrogen and oxygen atoms in total. The van der Waals surface area contributed by atoms with E-state index in [1.807, 2.05) is 0 Å². The molecule has 56 heavy (non-hydrogen) atoms. The Bertz CT molecular complexity index is 1710.